The Morgan fingerprint density at radius 1 is 1.07 bits per heavy atom. The predicted octanol–water partition coefficient (Wildman–Crippen LogP) is 2.07. The molecule has 0 aromatic heterocycles. The summed E-state index contributed by atoms with van der Waals surface area (Å²) in [5.41, 5.74) is 1.01. The number of hydrogen-bond acceptors (Lipinski definition) is 4. The molecule has 0 radical (unpaired) electrons. The van der Waals surface area contributed by atoms with Crippen molar-refractivity contribution >= 4 is 22.6 Å². The number of ether oxygens (including phenoxy) is 4. The highest BCUT2D eigenvalue weighted by molar-refractivity contribution is 14.1. The molecular weight excluding hydrogens is 311 g/mol. The van der Waals surface area contributed by atoms with Crippen molar-refractivity contribution in [3.63, 3.8) is 0 Å². The van der Waals surface area contributed by atoms with Crippen LogP contribution in [0.15, 0.2) is 12.1 Å². The van der Waals surface area contributed by atoms with Gasteiger partial charge in [0.05, 0.1) is 13.2 Å². The molecule has 1 fully saturated rings. The van der Waals surface area contributed by atoms with Crippen molar-refractivity contribution in [3.05, 3.63) is 21.3 Å². The van der Waals surface area contributed by atoms with Crippen LogP contribution in [-0.4, -0.2) is 20.0 Å². The van der Waals surface area contributed by atoms with Gasteiger partial charge in [-0.15, -0.1) is 0 Å². The summed E-state index contributed by atoms with van der Waals surface area (Å²) in [5.74, 6) is 1.56. The third-order valence-electron chi connectivity index (χ3n) is 2.37. The second-order valence-corrected chi connectivity index (χ2v) is 4.46. The fourth-order valence-corrected chi connectivity index (χ4v) is 2.34. The van der Waals surface area contributed by atoms with Gasteiger partial charge in [-0.1, -0.05) is 0 Å². The lowest BCUT2D eigenvalue weighted by Crippen LogP contribution is -2.00. The Hall–Kier alpha value is -0.530. The lowest BCUT2D eigenvalue weighted by molar-refractivity contribution is -0.0448. The summed E-state index contributed by atoms with van der Waals surface area (Å²) in [5, 5.41) is 0. The second-order valence-electron chi connectivity index (χ2n) is 3.30. The van der Waals surface area contributed by atoms with Crippen LogP contribution >= 0.6 is 22.6 Å². The first-order chi connectivity index (χ1) is 7.34. The molecule has 0 aliphatic carbocycles. The Morgan fingerprint density at radius 3 is 2.47 bits per heavy atom. The van der Waals surface area contributed by atoms with Gasteiger partial charge in [0.2, 0.25) is 6.79 Å². The quantitative estimate of drug-likeness (QED) is 0.743. The zero-order valence-electron chi connectivity index (χ0n) is 7.86. The number of rotatable bonds is 1. The largest absolute Gasteiger partial charge is 0.454 e. The minimum absolute atomic E-state index is 0.258. The molecule has 0 unspecified atom stereocenters. The van der Waals surface area contributed by atoms with Crippen molar-refractivity contribution in [3.8, 4) is 11.5 Å². The van der Waals surface area contributed by atoms with Gasteiger partial charge in [0.1, 0.15) is 0 Å². The normalized spacial score (nSPS) is 19.8. The van der Waals surface area contributed by atoms with E-state index in [9.17, 15) is 0 Å². The Kier molecular flexibility index (Phi) is 2.45. The van der Waals surface area contributed by atoms with Crippen molar-refractivity contribution in [1.29, 1.82) is 0 Å². The fourth-order valence-electron chi connectivity index (χ4n) is 1.65. The standard InChI is InChI=1S/C10H9IO4/c11-7-4-9-8(14-5-15-9)3-6(7)10-12-1-2-13-10/h3-4,10H,1-2,5H2. The third kappa shape index (κ3) is 1.68. The van der Waals surface area contributed by atoms with E-state index in [1.54, 1.807) is 0 Å². The summed E-state index contributed by atoms with van der Waals surface area (Å²) in [6, 6.07) is 3.88. The monoisotopic (exact) mass is 320 g/mol. The molecule has 0 saturated carbocycles. The van der Waals surface area contributed by atoms with Crippen LogP contribution in [0.5, 0.6) is 11.5 Å². The van der Waals surface area contributed by atoms with Crippen LogP contribution in [0.2, 0.25) is 0 Å². The van der Waals surface area contributed by atoms with Gasteiger partial charge in [-0.05, 0) is 34.7 Å². The Balaban J connectivity index is 2.00. The van der Waals surface area contributed by atoms with Gasteiger partial charge >= 0.3 is 0 Å². The fraction of sp³-hybridized carbons (Fsp3) is 0.400. The first-order valence-corrected chi connectivity index (χ1v) is 5.75. The molecule has 0 bridgehead atoms. The average Bonchev–Trinajstić information content (AvgIpc) is 2.85. The van der Waals surface area contributed by atoms with Gasteiger partial charge in [-0.2, -0.15) is 0 Å². The van der Waals surface area contributed by atoms with Crippen LogP contribution in [0.25, 0.3) is 0 Å². The molecule has 5 heteroatoms. The second kappa shape index (κ2) is 3.80. The Bertz CT molecular complexity index is 387. The lowest BCUT2D eigenvalue weighted by atomic mass is 10.2. The van der Waals surface area contributed by atoms with Gasteiger partial charge in [-0.25, -0.2) is 0 Å². The van der Waals surface area contributed by atoms with E-state index >= 15 is 0 Å². The van der Waals surface area contributed by atoms with E-state index in [2.05, 4.69) is 22.6 Å². The molecule has 3 rings (SSSR count). The van der Waals surface area contributed by atoms with E-state index in [0.717, 1.165) is 20.6 Å². The van der Waals surface area contributed by atoms with Gasteiger partial charge in [0, 0.05) is 9.13 Å². The highest BCUT2D eigenvalue weighted by atomic mass is 127. The SMILES string of the molecule is Ic1cc2c(cc1C1OCCO1)OCO2. The van der Waals surface area contributed by atoms with Crippen LogP contribution in [0.4, 0.5) is 0 Å². The molecule has 2 aliphatic heterocycles. The van der Waals surface area contributed by atoms with Crippen molar-refractivity contribution < 1.29 is 18.9 Å². The molecule has 0 N–H and O–H groups in total. The van der Waals surface area contributed by atoms with E-state index in [1.165, 1.54) is 0 Å². The maximum absolute atomic E-state index is 5.46. The summed E-state index contributed by atoms with van der Waals surface area (Å²) < 4.78 is 22.6. The predicted molar refractivity (Wildman–Crippen MR) is 59.9 cm³/mol. The number of halogens is 1. The topological polar surface area (TPSA) is 36.9 Å². The Labute approximate surface area is 101 Å². The molecule has 1 aromatic carbocycles. The molecule has 2 heterocycles. The molecule has 4 nitrogen and oxygen atoms in total. The first-order valence-electron chi connectivity index (χ1n) is 4.67. The summed E-state index contributed by atoms with van der Waals surface area (Å²) >= 11 is 2.25. The third-order valence-corrected chi connectivity index (χ3v) is 3.30. The molecule has 0 spiro atoms. The Morgan fingerprint density at radius 2 is 1.73 bits per heavy atom. The number of benzene rings is 1. The van der Waals surface area contributed by atoms with Gasteiger partial charge in [-0.3, -0.25) is 0 Å². The molecular formula is C10H9IO4. The van der Waals surface area contributed by atoms with E-state index in [1.807, 2.05) is 12.1 Å². The van der Waals surface area contributed by atoms with Gasteiger partial charge in [0.15, 0.2) is 17.8 Å². The molecule has 0 amide bonds. The van der Waals surface area contributed by atoms with E-state index in [0.29, 0.717) is 20.0 Å². The molecule has 1 saturated heterocycles. The molecule has 0 atom stereocenters. The van der Waals surface area contributed by atoms with Crippen molar-refractivity contribution in [2.24, 2.45) is 0 Å². The van der Waals surface area contributed by atoms with Crippen LogP contribution < -0.4 is 9.47 Å². The van der Waals surface area contributed by atoms with E-state index < -0.39 is 0 Å². The minimum atomic E-state index is -0.258. The molecule has 2 aliphatic rings. The van der Waals surface area contributed by atoms with Crippen LogP contribution in [0.1, 0.15) is 11.9 Å². The van der Waals surface area contributed by atoms with Gasteiger partial charge in [0.25, 0.3) is 0 Å². The van der Waals surface area contributed by atoms with Crippen LogP contribution in [0.3, 0.4) is 0 Å². The summed E-state index contributed by atoms with van der Waals surface area (Å²) in [4.78, 5) is 0. The maximum Gasteiger partial charge on any atom is 0.231 e. The van der Waals surface area contributed by atoms with Crippen LogP contribution in [-0.2, 0) is 9.47 Å². The van der Waals surface area contributed by atoms with Crippen molar-refractivity contribution in [2.75, 3.05) is 20.0 Å². The van der Waals surface area contributed by atoms with Gasteiger partial charge < -0.3 is 18.9 Å². The summed E-state index contributed by atoms with van der Waals surface area (Å²) in [6.07, 6.45) is -0.258. The van der Waals surface area contributed by atoms with E-state index in [-0.39, 0.29) is 6.29 Å². The zero-order chi connectivity index (χ0) is 10.3. The minimum Gasteiger partial charge on any atom is -0.454 e. The smallest absolute Gasteiger partial charge is 0.231 e. The molecule has 1 aromatic rings. The number of hydrogen-bond donors (Lipinski definition) is 0. The van der Waals surface area contributed by atoms with E-state index in [4.69, 9.17) is 18.9 Å². The molecule has 80 valence electrons. The average molecular weight is 320 g/mol. The van der Waals surface area contributed by atoms with Crippen molar-refractivity contribution in [2.45, 2.75) is 6.29 Å². The highest BCUT2D eigenvalue weighted by Crippen LogP contribution is 2.39. The maximum atomic E-state index is 5.46. The molecule has 15 heavy (non-hydrogen) atoms. The first kappa shape index (κ1) is 9.68. The number of fused-ring (bicyclic) bond motifs is 1. The zero-order valence-corrected chi connectivity index (χ0v) is 10.0. The summed E-state index contributed by atoms with van der Waals surface area (Å²) in [6.45, 7) is 1.59. The van der Waals surface area contributed by atoms with Crippen molar-refractivity contribution in [1.82, 2.24) is 0 Å². The summed E-state index contributed by atoms with van der Waals surface area (Å²) in [7, 11) is 0. The van der Waals surface area contributed by atoms with Crippen LogP contribution in [0, 0.1) is 3.57 Å². The highest BCUT2D eigenvalue weighted by Gasteiger charge is 2.24. The lowest BCUT2D eigenvalue weighted by Gasteiger charge is -2.12.